The van der Waals surface area contributed by atoms with Gasteiger partial charge in [0.25, 0.3) is 0 Å². The second-order valence-electron chi connectivity index (χ2n) is 4.49. The van der Waals surface area contributed by atoms with Gasteiger partial charge in [-0.1, -0.05) is 30.3 Å². The van der Waals surface area contributed by atoms with E-state index in [4.69, 9.17) is 9.47 Å². The van der Waals surface area contributed by atoms with E-state index in [2.05, 4.69) is 30.3 Å². The van der Waals surface area contributed by atoms with Crippen LogP contribution in [-0.2, 0) is 0 Å². The van der Waals surface area contributed by atoms with E-state index in [0.29, 0.717) is 10.5 Å². The van der Waals surface area contributed by atoms with E-state index in [1.807, 2.05) is 36.0 Å². The maximum atomic E-state index is 5.80. The van der Waals surface area contributed by atoms with Crippen LogP contribution in [0, 0.1) is 0 Å². The zero-order valence-corrected chi connectivity index (χ0v) is 11.6. The van der Waals surface area contributed by atoms with E-state index in [-0.39, 0.29) is 0 Å². The van der Waals surface area contributed by atoms with Crippen LogP contribution in [0.4, 0.5) is 0 Å². The molecular formula is C16H16O2S. The third-order valence-electron chi connectivity index (χ3n) is 3.18. The van der Waals surface area contributed by atoms with Crippen LogP contribution in [-0.4, -0.2) is 19.0 Å². The van der Waals surface area contributed by atoms with Gasteiger partial charge in [0.15, 0.2) is 0 Å². The van der Waals surface area contributed by atoms with E-state index >= 15 is 0 Å². The number of methoxy groups -OCH3 is 1. The first-order valence-corrected chi connectivity index (χ1v) is 7.28. The van der Waals surface area contributed by atoms with Crippen molar-refractivity contribution in [2.75, 3.05) is 13.7 Å². The van der Waals surface area contributed by atoms with Crippen LogP contribution < -0.4 is 9.47 Å². The Labute approximate surface area is 117 Å². The van der Waals surface area contributed by atoms with Gasteiger partial charge in [-0.2, -0.15) is 0 Å². The van der Waals surface area contributed by atoms with Crippen molar-refractivity contribution in [1.29, 1.82) is 0 Å². The van der Waals surface area contributed by atoms with Crippen LogP contribution in [0.3, 0.4) is 0 Å². The Bertz CT molecular complexity index is 524. The van der Waals surface area contributed by atoms with E-state index < -0.39 is 0 Å². The van der Waals surface area contributed by atoms with Gasteiger partial charge in [0, 0.05) is 5.25 Å². The summed E-state index contributed by atoms with van der Waals surface area (Å²) < 4.78 is 10.9. The average molecular weight is 272 g/mol. The minimum Gasteiger partial charge on any atom is -0.497 e. The molecule has 19 heavy (non-hydrogen) atoms. The highest BCUT2D eigenvalue weighted by atomic mass is 32.2. The number of benzene rings is 2. The number of hydrogen-bond acceptors (Lipinski definition) is 3. The van der Waals surface area contributed by atoms with Crippen LogP contribution in [0.15, 0.2) is 54.6 Å². The summed E-state index contributed by atoms with van der Waals surface area (Å²) in [5, 5.41) is 1.17. The summed E-state index contributed by atoms with van der Waals surface area (Å²) >= 11 is 1.97. The molecule has 1 aliphatic rings. The molecule has 1 saturated heterocycles. The van der Waals surface area contributed by atoms with Gasteiger partial charge in [0.1, 0.15) is 18.1 Å². The Morgan fingerprint density at radius 2 is 1.63 bits per heavy atom. The van der Waals surface area contributed by atoms with Crippen molar-refractivity contribution in [1.82, 2.24) is 0 Å². The fourth-order valence-electron chi connectivity index (χ4n) is 2.06. The SMILES string of the molecule is COc1ccc(OCC2SC2c2ccccc2)cc1. The highest BCUT2D eigenvalue weighted by molar-refractivity contribution is 8.07. The molecule has 2 aromatic carbocycles. The van der Waals surface area contributed by atoms with Crippen LogP contribution >= 0.6 is 11.8 Å². The summed E-state index contributed by atoms with van der Waals surface area (Å²) in [6, 6.07) is 18.3. The molecule has 1 fully saturated rings. The van der Waals surface area contributed by atoms with E-state index in [1.165, 1.54) is 5.56 Å². The van der Waals surface area contributed by atoms with E-state index in [0.717, 1.165) is 18.1 Å². The summed E-state index contributed by atoms with van der Waals surface area (Å²) in [5.41, 5.74) is 1.40. The van der Waals surface area contributed by atoms with Gasteiger partial charge in [-0.05, 0) is 29.8 Å². The lowest BCUT2D eigenvalue weighted by Gasteiger charge is -2.06. The van der Waals surface area contributed by atoms with E-state index in [9.17, 15) is 0 Å². The predicted molar refractivity (Wildman–Crippen MR) is 79.1 cm³/mol. The molecule has 0 N–H and O–H groups in total. The first-order chi connectivity index (χ1) is 9.36. The van der Waals surface area contributed by atoms with Gasteiger partial charge >= 0.3 is 0 Å². The summed E-state index contributed by atoms with van der Waals surface area (Å²) in [6.45, 7) is 0.760. The Morgan fingerprint density at radius 1 is 0.947 bits per heavy atom. The molecule has 2 atom stereocenters. The molecule has 2 unspecified atom stereocenters. The predicted octanol–water partition coefficient (Wildman–Crippen LogP) is 3.93. The maximum absolute atomic E-state index is 5.80. The molecule has 0 amide bonds. The van der Waals surface area contributed by atoms with Gasteiger partial charge in [-0.15, -0.1) is 11.8 Å². The highest BCUT2D eigenvalue weighted by Crippen LogP contribution is 2.54. The van der Waals surface area contributed by atoms with Gasteiger partial charge in [0.05, 0.1) is 12.4 Å². The Hall–Kier alpha value is -1.61. The lowest BCUT2D eigenvalue weighted by molar-refractivity contribution is 0.324. The number of hydrogen-bond donors (Lipinski definition) is 0. The Morgan fingerprint density at radius 3 is 2.32 bits per heavy atom. The lowest BCUT2D eigenvalue weighted by Crippen LogP contribution is -2.04. The highest BCUT2D eigenvalue weighted by Gasteiger charge is 2.39. The molecule has 0 radical (unpaired) electrons. The molecular weight excluding hydrogens is 256 g/mol. The molecule has 1 heterocycles. The zero-order valence-electron chi connectivity index (χ0n) is 10.8. The summed E-state index contributed by atoms with van der Waals surface area (Å²) in [7, 11) is 1.67. The molecule has 2 nitrogen and oxygen atoms in total. The molecule has 3 heteroatoms. The monoisotopic (exact) mass is 272 g/mol. The van der Waals surface area contributed by atoms with Crippen molar-refractivity contribution in [3.63, 3.8) is 0 Å². The smallest absolute Gasteiger partial charge is 0.119 e. The van der Waals surface area contributed by atoms with Crippen molar-refractivity contribution >= 4 is 11.8 Å². The largest absolute Gasteiger partial charge is 0.497 e. The van der Waals surface area contributed by atoms with Crippen LogP contribution in [0.25, 0.3) is 0 Å². The number of thioether (sulfide) groups is 1. The second-order valence-corrected chi connectivity index (χ2v) is 5.88. The average Bonchev–Trinajstić information content (AvgIpc) is 3.26. The molecule has 3 rings (SSSR count). The van der Waals surface area contributed by atoms with Crippen LogP contribution in [0.5, 0.6) is 11.5 Å². The summed E-state index contributed by atoms with van der Waals surface area (Å²) in [4.78, 5) is 0. The van der Waals surface area contributed by atoms with Crippen LogP contribution in [0.2, 0.25) is 0 Å². The maximum Gasteiger partial charge on any atom is 0.119 e. The van der Waals surface area contributed by atoms with Crippen LogP contribution in [0.1, 0.15) is 10.8 Å². The first-order valence-electron chi connectivity index (χ1n) is 6.34. The molecule has 98 valence electrons. The van der Waals surface area contributed by atoms with Crippen molar-refractivity contribution in [2.45, 2.75) is 10.5 Å². The van der Waals surface area contributed by atoms with Crippen molar-refractivity contribution in [2.24, 2.45) is 0 Å². The molecule has 2 aromatic rings. The van der Waals surface area contributed by atoms with Gasteiger partial charge < -0.3 is 9.47 Å². The standard InChI is InChI=1S/C16H16O2S/c1-17-13-7-9-14(10-8-13)18-11-15-16(19-15)12-5-3-2-4-6-12/h2-10,15-16H,11H2,1H3. The molecule has 0 saturated carbocycles. The van der Waals surface area contributed by atoms with Crippen molar-refractivity contribution in [3.05, 3.63) is 60.2 Å². The zero-order chi connectivity index (χ0) is 13.1. The lowest BCUT2D eigenvalue weighted by atomic mass is 10.1. The molecule has 0 aromatic heterocycles. The van der Waals surface area contributed by atoms with Crippen molar-refractivity contribution < 1.29 is 9.47 Å². The van der Waals surface area contributed by atoms with Gasteiger partial charge in [-0.3, -0.25) is 0 Å². The molecule has 1 aliphatic heterocycles. The quantitative estimate of drug-likeness (QED) is 0.768. The fourth-order valence-corrected chi connectivity index (χ4v) is 3.04. The minimum absolute atomic E-state index is 0.574. The molecule has 0 spiro atoms. The third-order valence-corrected chi connectivity index (χ3v) is 4.52. The first kappa shape index (κ1) is 12.4. The van der Waals surface area contributed by atoms with Crippen molar-refractivity contribution in [3.8, 4) is 11.5 Å². The van der Waals surface area contributed by atoms with E-state index in [1.54, 1.807) is 7.11 Å². The molecule has 0 bridgehead atoms. The van der Waals surface area contributed by atoms with Gasteiger partial charge in [0.2, 0.25) is 0 Å². The molecule has 0 aliphatic carbocycles. The van der Waals surface area contributed by atoms with Gasteiger partial charge in [-0.25, -0.2) is 0 Å². The topological polar surface area (TPSA) is 18.5 Å². The fraction of sp³-hybridized carbons (Fsp3) is 0.250. The third kappa shape index (κ3) is 3.04. The number of rotatable bonds is 5. The second kappa shape index (κ2) is 5.57. The summed E-state index contributed by atoms with van der Waals surface area (Å²) in [5.74, 6) is 1.76. The Balaban J connectivity index is 1.51. The Kier molecular flexibility index (Phi) is 3.65. The summed E-state index contributed by atoms with van der Waals surface area (Å²) in [6.07, 6.45) is 0. The minimum atomic E-state index is 0.574. The normalized spacial score (nSPS) is 20.9. The number of ether oxygens (including phenoxy) is 2.